The number of anilines is 2. The first kappa shape index (κ1) is 31.8. The Labute approximate surface area is 262 Å². The number of nitrogens with one attached hydrogen (secondary N) is 1. The van der Waals surface area contributed by atoms with E-state index in [2.05, 4.69) is 15.5 Å². The average molecular weight is 668 g/mol. The Bertz CT molecular complexity index is 1770. The molecule has 5 rings (SSSR count). The van der Waals surface area contributed by atoms with Crippen LogP contribution in [-0.4, -0.2) is 49.5 Å². The third-order valence-electron chi connectivity index (χ3n) is 7.35. The van der Waals surface area contributed by atoms with E-state index in [1.165, 1.54) is 43.3 Å². The van der Waals surface area contributed by atoms with Gasteiger partial charge in [-0.2, -0.15) is 18.2 Å². The summed E-state index contributed by atoms with van der Waals surface area (Å²) in [4.78, 5) is 18.3. The van der Waals surface area contributed by atoms with Crippen molar-refractivity contribution in [3.63, 3.8) is 0 Å². The van der Waals surface area contributed by atoms with Crippen molar-refractivity contribution in [2.45, 2.75) is 43.2 Å². The zero-order valence-electron chi connectivity index (χ0n) is 23.6. The smallest absolute Gasteiger partial charge is 0.353 e. The molecule has 0 spiro atoms. The number of sulfone groups is 1. The molecule has 1 N–H and O–H groups in total. The molecule has 0 aliphatic heterocycles. The number of halogens is 5. The van der Waals surface area contributed by atoms with Crippen LogP contribution < -0.4 is 10.2 Å². The number of nitrogens with zero attached hydrogens (tertiary/aromatic N) is 3. The standard InChI is InChI=1S/C30H27Cl2F3N4O4S/c1-3-44(41,42)22-10-8-21(9-11-22)39(17-30(33,34)35)16-25(40)36-20-14-23(31)26(24(32)15-20)29(12-13-29)28-37-27(43-38-28)19-6-4-18(2)5-7-19/h4-11,14-15H,3,12-13,16-17H2,1-2H3,(H,36,40). The molecule has 1 saturated carbocycles. The molecule has 0 unspecified atom stereocenters. The quantitative estimate of drug-likeness (QED) is 0.190. The number of carbonyl (C=O) groups is 1. The first-order chi connectivity index (χ1) is 20.7. The molecule has 1 heterocycles. The number of alkyl halides is 3. The first-order valence-corrected chi connectivity index (χ1v) is 16.0. The van der Waals surface area contributed by atoms with Gasteiger partial charge in [0, 0.05) is 32.5 Å². The maximum absolute atomic E-state index is 13.4. The van der Waals surface area contributed by atoms with Gasteiger partial charge in [-0.05, 0) is 68.3 Å². The van der Waals surface area contributed by atoms with Crippen LogP contribution >= 0.6 is 23.2 Å². The Morgan fingerprint density at radius 3 is 2.20 bits per heavy atom. The van der Waals surface area contributed by atoms with Crippen LogP contribution in [0.5, 0.6) is 0 Å². The van der Waals surface area contributed by atoms with Gasteiger partial charge in [-0.15, -0.1) is 0 Å². The number of carbonyl (C=O) groups excluding carboxylic acids is 1. The molecule has 0 atom stereocenters. The van der Waals surface area contributed by atoms with Crippen molar-refractivity contribution in [2.75, 3.05) is 29.1 Å². The molecule has 1 aliphatic carbocycles. The van der Waals surface area contributed by atoms with Crippen LogP contribution in [0.1, 0.15) is 36.7 Å². The number of rotatable bonds is 10. The second-order valence-electron chi connectivity index (χ2n) is 10.6. The highest BCUT2D eigenvalue weighted by atomic mass is 35.5. The molecule has 1 aromatic heterocycles. The van der Waals surface area contributed by atoms with Crippen LogP contribution in [0, 0.1) is 6.92 Å². The minimum absolute atomic E-state index is 0.0230. The number of amides is 1. The fraction of sp³-hybridized carbons (Fsp3) is 0.300. The van der Waals surface area contributed by atoms with Crippen LogP contribution in [-0.2, 0) is 20.0 Å². The predicted molar refractivity (Wildman–Crippen MR) is 162 cm³/mol. The molecular formula is C30H27Cl2F3N4O4S. The van der Waals surface area contributed by atoms with Crippen LogP contribution in [0.15, 0.2) is 70.1 Å². The Kier molecular flexibility index (Phi) is 8.71. The van der Waals surface area contributed by atoms with Crippen molar-refractivity contribution in [1.29, 1.82) is 0 Å². The molecule has 0 radical (unpaired) electrons. The number of aryl methyl sites for hydroxylation is 1. The molecule has 0 bridgehead atoms. The summed E-state index contributed by atoms with van der Waals surface area (Å²) in [5.41, 5.74) is 1.96. The zero-order chi connectivity index (χ0) is 31.9. The largest absolute Gasteiger partial charge is 0.405 e. The summed E-state index contributed by atoms with van der Waals surface area (Å²) in [7, 11) is -3.55. The van der Waals surface area contributed by atoms with Crippen LogP contribution in [0.25, 0.3) is 11.5 Å². The minimum Gasteiger partial charge on any atom is -0.353 e. The second kappa shape index (κ2) is 12.1. The lowest BCUT2D eigenvalue weighted by atomic mass is 9.94. The van der Waals surface area contributed by atoms with E-state index < -0.39 is 40.4 Å². The molecule has 4 aromatic rings. The Balaban J connectivity index is 1.34. The fourth-order valence-corrected chi connectivity index (χ4v) is 6.64. The van der Waals surface area contributed by atoms with E-state index in [9.17, 15) is 26.4 Å². The van der Waals surface area contributed by atoms with Gasteiger partial charge in [-0.3, -0.25) is 4.79 Å². The van der Waals surface area contributed by atoms with E-state index in [-0.39, 0.29) is 32.1 Å². The van der Waals surface area contributed by atoms with E-state index in [0.717, 1.165) is 16.0 Å². The van der Waals surface area contributed by atoms with Gasteiger partial charge in [-0.1, -0.05) is 53.0 Å². The monoisotopic (exact) mass is 666 g/mol. The third-order valence-corrected chi connectivity index (χ3v) is 9.70. The predicted octanol–water partition coefficient (Wildman–Crippen LogP) is 7.23. The Morgan fingerprint density at radius 2 is 1.66 bits per heavy atom. The summed E-state index contributed by atoms with van der Waals surface area (Å²) >= 11 is 13.3. The molecule has 1 amide bonds. The average Bonchev–Trinajstić information content (AvgIpc) is 3.58. The molecule has 232 valence electrons. The van der Waals surface area contributed by atoms with E-state index in [1.807, 2.05) is 31.2 Å². The lowest BCUT2D eigenvalue weighted by molar-refractivity contribution is -0.122. The zero-order valence-corrected chi connectivity index (χ0v) is 25.9. The number of benzene rings is 3. The molecule has 14 heteroatoms. The highest BCUT2D eigenvalue weighted by Crippen LogP contribution is 2.57. The van der Waals surface area contributed by atoms with Gasteiger partial charge in [-0.25, -0.2) is 8.42 Å². The van der Waals surface area contributed by atoms with Gasteiger partial charge in [0.05, 0.1) is 22.6 Å². The summed E-state index contributed by atoms with van der Waals surface area (Å²) < 4.78 is 69.9. The van der Waals surface area contributed by atoms with E-state index in [4.69, 9.17) is 27.7 Å². The number of hydrogen-bond donors (Lipinski definition) is 1. The second-order valence-corrected chi connectivity index (χ2v) is 13.7. The summed E-state index contributed by atoms with van der Waals surface area (Å²) in [6, 6.07) is 15.5. The number of hydrogen-bond acceptors (Lipinski definition) is 7. The minimum atomic E-state index is -4.63. The lowest BCUT2D eigenvalue weighted by Crippen LogP contribution is -2.39. The van der Waals surface area contributed by atoms with E-state index >= 15 is 0 Å². The molecule has 1 aliphatic rings. The molecular weight excluding hydrogens is 640 g/mol. The molecule has 3 aromatic carbocycles. The topological polar surface area (TPSA) is 105 Å². The SMILES string of the molecule is CCS(=O)(=O)c1ccc(N(CC(=O)Nc2cc(Cl)c(C3(c4noc(-c5ccc(C)cc5)n4)CC3)c(Cl)c2)CC(F)(F)F)cc1. The van der Waals surface area contributed by atoms with Gasteiger partial charge in [0.15, 0.2) is 15.7 Å². The van der Waals surface area contributed by atoms with Crippen molar-refractivity contribution in [3.8, 4) is 11.5 Å². The molecule has 8 nitrogen and oxygen atoms in total. The van der Waals surface area contributed by atoms with Gasteiger partial charge in [0.1, 0.15) is 6.54 Å². The van der Waals surface area contributed by atoms with Crippen LogP contribution in [0.3, 0.4) is 0 Å². The fourth-order valence-electron chi connectivity index (χ4n) is 4.90. The van der Waals surface area contributed by atoms with Gasteiger partial charge in [0.25, 0.3) is 5.89 Å². The highest BCUT2D eigenvalue weighted by molar-refractivity contribution is 7.91. The maximum atomic E-state index is 13.4. The summed E-state index contributed by atoms with van der Waals surface area (Å²) in [6.07, 6.45) is -3.30. The maximum Gasteiger partial charge on any atom is 0.405 e. The van der Waals surface area contributed by atoms with Gasteiger partial charge in [0.2, 0.25) is 5.91 Å². The van der Waals surface area contributed by atoms with Crippen molar-refractivity contribution in [1.82, 2.24) is 10.1 Å². The molecule has 0 saturated heterocycles. The highest BCUT2D eigenvalue weighted by Gasteiger charge is 2.52. The van der Waals surface area contributed by atoms with Crippen molar-refractivity contribution < 1.29 is 30.9 Å². The van der Waals surface area contributed by atoms with Gasteiger partial charge >= 0.3 is 6.18 Å². The van der Waals surface area contributed by atoms with Crippen molar-refractivity contribution >= 4 is 50.3 Å². The van der Waals surface area contributed by atoms with Crippen molar-refractivity contribution in [3.05, 3.63) is 87.7 Å². The Morgan fingerprint density at radius 1 is 1.05 bits per heavy atom. The lowest BCUT2D eigenvalue weighted by Gasteiger charge is -2.26. The third kappa shape index (κ3) is 6.87. The van der Waals surface area contributed by atoms with Crippen molar-refractivity contribution in [2.24, 2.45) is 0 Å². The summed E-state index contributed by atoms with van der Waals surface area (Å²) in [5.74, 6) is -0.140. The first-order valence-electron chi connectivity index (χ1n) is 13.6. The van der Waals surface area contributed by atoms with Crippen LogP contribution in [0.2, 0.25) is 10.0 Å². The normalized spacial score (nSPS) is 14.3. The molecule has 44 heavy (non-hydrogen) atoms. The Hall–Kier alpha value is -3.61. The molecule has 1 fully saturated rings. The van der Waals surface area contributed by atoms with E-state index in [1.54, 1.807) is 0 Å². The van der Waals surface area contributed by atoms with E-state index in [0.29, 0.717) is 30.1 Å². The summed E-state index contributed by atoms with van der Waals surface area (Å²) in [5, 5.41) is 7.21. The van der Waals surface area contributed by atoms with Gasteiger partial charge < -0.3 is 14.7 Å². The van der Waals surface area contributed by atoms with Crippen LogP contribution in [0.4, 0.5) is 24.5 Å². The number of aromatic nitrogens is 2. The summed E-state index contributed by atoms with van der Waals surface area (Å²) in [6.45, 7) is 1.33.